The standard InChI is InChI=1S/C16H22N2O/c1-16(2,3)11-18(4)15-9-12(10-19)17-14-8-6-5-7-13(14)15/h5-9,19H,10-11H2,1-4H3. The van der Waals surface area contributed by atoms with Gasteiger partial charge in [0.1, 0.15) is 0 Å². The minimum atomic E-state index is -0.0266. The first-order valence-electron chi connectivity index (χ1n) is 6.61. The van der Waals surface area contributed by atoms with Gasteiger partial charge >= 0.3 is 0 Å². The van der Waals surface area contributed by atoms with Crippen molar-refractivity contribution >= 4 is 16.6 Å². The summed E-state index contributed by atoms with van der Waals surface area (Å²) in [4.78, 5) is 6.70. The smallest absolute Gasteiger partial charge is 0.0854 e. The number of hydrogen-bond acceptors (Lipinski definition) is 3. The number of nitrogens with zero attached hydrogens (tertiary/aromatic N) is 2. The van der Waals surface area contributed by atoms with Gasteiger partial charge in [0.2, 0.25) is 0 Å². The number of aromatic nitrogens is 1. The van der Waals surface area contributed by atoms with Crippen molar-refractivity contribution in [3.8, 4) is 0 Å². The van der Waals surface area contributed by atoms with E-state index in [0.29, 0.717) is 0 Å². The summed E-state index contributed by atoms with van der Waals surface area (Å²) in [6.45, 7) is 7.59. The monoisotopic (exact) mass is 258 g/mol. The predicted octanol–water partition coefficient (Wildman–Crippen LogP) is 3.21. The summed E-state index contributed by atoms with van der Waals surface area (Å²) in [7, 11) is 2.09. The minimum Gasteiger partial charge on any atom is -0.390 e. The molecule has 0 aliphatic rings. The fourth-order valence-corrected chi connectivity index (χ4v) is 2.40. The summed E-state index contributed by atoms with van der Waals surface area (Å²) in [6, 6.07) is 10.1. The van der Waals surface area contributed by atoms with Gasteiger partial charge in [-0.25, -0.2) is 0 Å². The Kier molecular flexibility index (Phi) is 3.76. The molecule has 0 unspecified atom stereocenters. The second kappa shape index (κ2) is 5.17. The molecule has 0 aliphatic heterocycles. The van der Waals surface area contributed by atoms with Crippen molar-refractivity contribution in [2.45, 2.75) is 27.4 Å². The van der Waals surface area contributed by atoms with E-state index in [0.717, 1.165) is 28.8 Å². The van der Waals surface area contributed by atoms with Crippen LogP contribution in [0, 0.1) is 5.41 Å². The average Bonchev–Trinajstić information content (AvgIpc) is 2.35. The van der Waals surface area contributed by atoms with E-state index >= 15 is 0 Å². The summed E-state index contributed by atoms with van der Waals surface area (Å²) >= 11 is 0. The van der Waals surface area contributed by atoms with Crippen LogP contribution in [-0.4, -0.2) is 23.7 Å². The lowest BCUT2D eigenvalue weighted by Gasteiger charge is -2.29. The normalized spacial score (nSPS) is 11.8. The molecule has 1 heterocycles. The van der Waals surface area contributed by atoms with Gasteiger partial charge in [-0.05, 0) is 17.5 Å². The molecular weight excluding hydrogens is 236 g/mol. The third-order valence-corrected chi connectivity index (χ3v) is 3.03. The number of hydrogen-bond donors (Lipinski definition) is 1. The van der Waals surface area contributed by atoms with Gasteiger partial charge in [0.15, 0.2) is 0 Å². The van der Waals surface area contributed by atoms with Crippen LogP contribution in [0.25, 0.3) is 10.9 Å². The second-order valence-corrected chi connectivity index (χ2v) is 6.22. The molecule has 0 fully saturated rings. The number of benzene rings is 1. The topological polar surface area (TPSA) is 36.4 Å². The lowest BCUT2D eigenvalue weighted by Crippen LogP contribution is -2.29. The van der Waals surface area contributed by atoms with Crippen LogP contribution in [0.2, 0.25) is 0 Å². The van der Waals surface area contributed by atoms with E-state index in [1.807, 2.05) is 24.3 Å². The molecule has 0 aliphatic carbocycles. The van der Waals surface area contributed by atoms with Crippen molar-refractivity contribution in [2.24, 2.45) is 5.41 Å². The van der Waals surface area contributed by atoms with Crippen molar-refractivity contribution < 1.29 is 5.11 Å². The van der Waals surface area contributed by atoms with Crippen molar-refractivity contribution in [1.29, 1.82) is 0 Å². The highest BCUT2D eigenvalue weighted by Crippen LogP contribution is 2.28. The Hall–Kier alpha value is -1.61. The molecule has 2 aromatic rings. The number of aliphatic hydroxyl groups is 1. The molecule has 0 atom stereocenters. The van der Waals surface area contributed by atoms with Crippen LogP contribution in [-0.2, 0) is 6.61 Å². The number of pyridine rings is 1. The summed E-state index contributed by atoms with van der Waals surface area (Å²) in [5, 5.41) is 10.5. The highest BCUT2D eigenvalue weighted by atomic mass is 16.3. The van der Waals surface area contributed by atoms with Gasteiger partial charge in [-0.15, -0.1) is 0 Å². The van der Waals surface area contributed by atoms with E-state index in [2.05, 4.69) is 43.8 Å². The van der Waals surface area contributed by atoms with Crippen molar-refractivity contribution in [3.05, 3.63) is 36.0 Å². The first-order valence-corrected chi connectivity index (χ1v) is 6.61. The molecule has 3 heteroatoms. The summed E-state index contributed by atoms with van der Waals surface area (Å²) in [5.74, 6) is 0. The lowest BCUT2D eigenvalue weighted by molar-refractivity contribution is 0.277. The molecule has 0 amide bonds. The Bertz CT molecular complexity index is 572. The zero-order valence-corrected chi connectivity index (χ0v) is 12.1. The van der Waals surface area contributed by atoms with E-state index in [1.165, 1.54) is 0 Å². The molecule has 19 heavy (non-hydrogen) atoms. The molecule has 1 aromatic heterocycles. The van der Waals surface area contributed by atoms with Crippen LogP contribution < -0.4 is 4.90 Å². The van der Waals surface area contributed by atoms with Crippen LogP contribution in [0.15, 0.2) is 30.3 Å². The summed E-state index contributed by atoms with van der Waals surface area (Å²) < 4.78 is 0. The van der Waals surface area contributed by atoms with E-state index < -0.39 is 0 Å². The van der Waals surface area contributed by atoms with Gasteiger partial charge in [-0.1, -0.05) is 39.0 Å². The van der Waals surface area contributed by atoms with Gasteiger partial charge in [0, 0.05) is 24.7 Å². The third kappa shape index (κ3) is 3.24. The van der Waals surface area contributed by atoms with Gasteiger partial charge in [-0.3, -0.25) is 4.98 Å². The quantitative estimate of drug-likeness (QED) is 0.918. The third-order valence-electron chi connectivity index (χ3n) is 3.03. The molecule has 0 spiro atoms. The molecule has 0 bridgehead atoms. The zero-order valence-electron chi connectivity index (χ0n) is 12.1. The molecule has 2 rings (SSSR count). The number of aliphatic hydroxyl groups excluding tert-OH is 1. The summed E-state index contributed by atoms with van der Waals surface area (Å²) in [5.41, 5.74) is 3.00. The number of anilines is 1. The van der Waals surface area contributed by atoms with Gasteiger partial charge in [0.05, 0.1) is 17.8 Å². The zero-order chi connectivity index (χ0) is 14.0. The molecule has 102 valence electrons. The number of rotatable bonds is 3. The van der Waals surface area contributed by atoms with E-state index in [4.69, 9.17) is 0 Å². The Morgan fingerprint density at radius 2 is 1.89 bits per heavy atom. The first kappa shape index (κ1) is 13.8. The predicted molar refractivity (Wildman–Crippen MR) is 80.4 cm³/mol. The first-order chi connectivity index (χ1) is 8.90. The highest BCUT2D eigenvalue weighted by molar-refractivity contribution is 5.91. The van der Waals surface area contributed by atoms with E-state index in [-0.39, 0.29) is 12.0 Å². The Labute approximate surface area is 114 Å². The van der Waals surface area contributed by atoms with Crippen LogP contribution >= 0.6 is 0 Å². The summed E-state index contributed by atoms with van der Waals surface area (Å²) in [6.07, 6.45) is 0. The number of fused-ring (bicyclic) bond motifs is 1. The Morgan fingerprint density at radius 1 is 1.21 bits per heavy atom. The highest BCUT2D eigenvalue weighted by Gasteiger charge is 2.16. The molecule has 0 saturated heterocycles. The molecule has 0 saturated carbocycles. The Morgan fingerprint density at radius 3 is 2.53 bits per heavy atom. The van der Waals surface area contributed by atoms with Crippen molar-refractivity contribution in [3.63, 3.8) is 0 Å². The van der Waals surface area contributed by atoms with Crippen LogP contribution in [0.4, 0.5) is 5.69 Å². The molecule has 0 radical (unpaired) electrons. The molecule has 1 N–H and O–H groups in total. The maximum absolute atomic E-state index is 9.35. The minimum absolute atomic E-state index is 0.0266. The average molecular weight is 258 g/mol. The largest absolute Gasteiger partial charge is 0.390 e. The maximum atomic E-state index is 9.35. The molecule has 1 aromatic carbocycles. The maximum Gasteiger partial charge on any atom is 0.0854 e. The van der Waals surface area contributed by atoms with Gasteiger partial charge in [-0.2, -0.15) is 0 Å². The van der Waals surface area contributed by atoms with E-state index in [1.54, 1.807) is 0 Å². The van der Waals surface area contributed by atoms with Crippen LogP contribution in [0.5, 0.6) is 0 Å². The van der Waals surface area contributed by atoms with Crippen LogP contribution in [0.3, 0.4) is 0 Å². The molecular formula is C16H22N2O. The fourth-order valence-electron chi connectivity index (χ4n) is 2.40. The van der Waals surface area contributed by atoms with Crippen LogP contribution in [0.1, 0.15) is 26.5 Å². The lowest BCUT2D eigenvalue weighted by atomic mass is 9.96. The molecule has 3 nitrogen and oxygen atoms in total. The number of para-hydroxylation sites is 1. The van der Waals surface area contributed by atoms with Crippen molar-refractivity contribution in [1.82, 2.24) is 4.98 Å². The van der Waals surface area contributed by atoms with E-state index in [9.17, 15) is 5.11 Å². The Balaban J connectivity index is 2.51. The second-order valence-electron chi connectivity index (χ2n) is 6.22. The SMILES string of the molecule is CN(CC(C)(C)C)c1cc(CO)nc2ccccc12. The fraction of sp³-hybridized carbons (Fsp3) is 0.438. The van der Waals surface area contributed by atoms with Gasteiger partial charge < -0.3 is 10.0 Å². The van der Waals surface area contributed by atoms with Gasteiger partial charge in [0.25, 0.3) is 0 Å². The van der Waals surface area contributed by atoms with Crippen molar-refractivity contribution in [2.75, 3.05) is 18.5 Å².